The number of aromatic nitrogens is 3. The van der Waals surface area contributed by atoms with Gasteiger partial charge in [0, 0.05) is 6.54 Å². The third kappa shape index (κ3) is 5.79. The summed E-state index contributed by atoms with van der Waals surface area (Å²) in [5.74, 6) is 0.803. The molecule has 1 heterocycles. The number of hydrogen-bond donors (Lipinski definition) is 1. The van der Waals surface area contributed by atoms with Crippen LogP contribution < -0.4 is 10.1 Å². The van der Waals surface area contributed by atoms with E-state index in [4.69, 9.17) is 4.74 Å². The van der Waals surface area contributed by atoms with Gasteiger partial charge < -0.3 is 10.1 Å². The molecule has 0 saturated carbocycles. The summed E-state index contributed by atoms with van der Waals surface area (Å²) in [4.78, 5) is 12.2. The van der Waals surface area contributed by atoms with Gasteiger partial charge in [-0.3, -0.25) is 4.79 Å². The van der Waals surface area contributed by atoms with Gasteiger partial charge in [0.2, 0.25) is 5.91 Å². The summed E-state index contributed by atoms with van der Waals surface area (Å²) in [7, 11) is 0. The van der Waals surface area contributed by atoms with Crippen molar-refractivity contribution in [3.63, 3.8) is 0 Å². The van der Waals surface area contributed by atoms with Gasteiger partial charge in [0.25, 0.3) is 0 Å². The Morgan fingerprint density at radius 2 is 1.77 bits per heavy atom. The molecule has 3 aromatic carbocycles. The number of carbonyl (C=O) groups is 1. The summed E-state index contributed by atoms with van der Waals surface area (Å²) in [6.07, 6.45) is 2.18. The van der Waals surface area contributed by atoms with Crippen LogP contribution >= 0.6 is 0 Å². The Kier molecular flexibility index (Phi) is 6.38. The lowest BCUT2D eigenvalue weighted by atomic mass is 10.1. The molecular weight excluding hydrogens is 388 g/mol. The van der Waals surface area contributed by atoms with Crippen LogP contribution in [0.15, 0.2) is 85.1 Å². The molecule has 4 aromatic rings. The summed E-state index contributed by atoms with van der Waals surface area (Å²) in [5, 5.41) is 11.3. The fraction of sp³-hybridized carbons (Fsp3) is 0.160. The molecule has 0 fully saturated rings. The summed E-state index contributed by atoms with van der Waals surface area (Å²) >= 11 is 0. The van der Waals surface area contributed by atoms with Gasteiger partial charge >= 0.3 is 0 Å². The maximum absolute atomic E-state index is 12.2. The number of benzene rings is 3. The number of nitrogens with zero attached hydrogens (tertiary/aromatic N) is 3. The summed E-state index contributed by atoms with van der Waals surface area (Å²) in [5.41, 5.74) is 4.79. The minimum atomic E-state index is -0.00653. The first kappa shape index (κ1) is 20.3. The van der Waals surface area contributed by atoms with Crippen molar-refractivity contribution in [1.29, 1.82) is 0 Å². The normalized spacial score (nSPS) is 10.6. The first-order valence-corrected chi connectivity index (χ1v) is 10.2. The Balaban J connectivity index is 1.30. The van der Waals surface area contributed by atoms with E-state index in [1.807, 2.05) is 92.0 Å². The fourth-order valence-corrected chi connectivity index (χ4v) is 3.16. The topological polar surface area (TPSA) is 69.0 Å². The van der Waals surface area contributed by atoms with E-state index in [0.717, 1.165) is 33.8 Å². The molecule has 0 saturated heterocycles. The monoisotopic (exact) mass is 412 g/mol. The quantitative estimate of drug-likeness (QED) is 0.475. The molecule has 0 atom stereocenters. The lowest BCUT2D eigenvalue weighted by Crippen LogP contribution is -2.24. The van der Waals surface area contributed by atoms with E-state index in [-0.39, 0.29) is 5.91 Å². The number of hydrogen-bond acceptors (Lipinski definition) is 4. The van der Waals surface area contributed by atoms with Crippen LogP contribution in [0, 0.1) is 6.92 Å². The number of amides is 1. The fourth-order valence-electron chi connectivity index (χ4n) is 3.16. The van der Waals surface area contributed by atoms with Crippen molar-refractivity contribution in [3.05, 3.63) is 107 Å². The Labute approximate surface area is 181 Å². The van der Waals surface area contributed by atoms with Crippen molar-refractivity contribution >= 4 is 5.91 Å². The second-order valence-corrected chi connectivity index (χ2v) is 7.37. The predicted molar refractivity (Wildman–Crippen MR) is 119 cm³/mol. The summed E-state index contributed by atoms with van der Waals surface area (Å²) < 4.78 is 7.48. The number of rotatable bonds is 8. The van der Waals surface area contributed by atoms with Gasteiger partial charge in [-0.25, -0.2) is 4.68 Å². The van der Waals surface area contributed by atoms with E-state index in [9.17, 15) is 4.79 Å². The highest BCUT2D eigenvalue weighted by atomic mass is 16.5. The molecule has 0 aliphatic rings. The molecule has 0 aliphatic carbocycles. The highest BCUT2D eigenvalue weighted by molar-refractivity contribution is 5.78. The zero-order valence-corrected chi connectivity index (χ0v) is 17.4. The molecule has 0 radical (unpaired) electrons. The van der Waals surface area contributed by atoms with Crippen molar-refractivity contribution in [2.24, 2.45) is 0 Å². The molecule has 6 nitrogen and oxygen atoms in total. The first-order valence-electron chi connectivity index (χ1n) is 10.2. The van der Waals surface area contributed by atoms with E-state index in [1.54, 1.807) is 4.68 Å². The first-order chi connectivity index (χ1) is 15.2. The van der Waals surface area contributed by atoms with Gasteiger partial charge in [-0.2, -0.15) is 0 Å². The molecule has 0 aliphatic heterocycles. The second-order valence-electron chi connectivity index (χ2n) is 7.37. The highest BCUT2D eigenvalue weighted by Gasteiger charge is 2.07. The molecule has 6 heteroatoms. The molecule has 4 rings (SSSR count). The Bertz CT molecular complexity index is 1140. The van der Waals surface area contributed by atoms with Gasteiger partial charge in [-0.1, -0.05) is 59.8 Å². The molecule has 0 bridgehead atoms. The van der Waals surface area contributed by atoms with Gasteiger partial charge in [0.1, 0.15) is 18.1 Å². The van der Waals surface area contributed by atoms with Crippen LogP contribution in [0.1, 0.15) is 22.4 Å². The van der Waals surface area contributed by atoms with Gasteiger partial charge in [0.05, 0.1) is 18.3 Å². The number of nitrogens with one attached hydrogen (secondary N) is 1. The van der Waals surface area contributed by atoms with Crippen molar-refractivity contribution < 1.29 is 9.53 Å². The second kappa shape index (κ2) is 9.71. The lowest BCUT2D eigenvalue weighted by molar-refractivity contribution is -0.120. The van der Waals surface area contributed by atoms with E-state index in [1.165, 1.54) is 0 Å². The summed E-state index contributed by atoms with van der Waals surface area (Å²) in [6.45, 7) is 2.91. The van der Waals surface area contributed by atoms with Crippen LogP contribution in [-0.2, 0) is 24.4 Å². The van der Waals surface area contributed by atoms with Gasteiger partial charge in [-0.15, -0.1) is 5.10 Å². The SMILES string of the molecule is Cc1cccc(OCc2cn(-c3ccc(CC(=O)NCc4ccccc4)cc3)nn2)c1. The highest BCUT2D eigenvalue weighted by Crippen LogP contribution is 2.15. The zero-order chi connectivity index (χ0) is 21.5. The smallest absolute Gasteiger partial charge is 0.224 e. The third-order valence-corrected chi connectivity index (χ3v) is 4.82. The predicted octanol–water partition coefficient (Wildman–Crippen LogP) is 4.01. The Morgan fingerprint density at radius 1 is 0.968 bits per heavy atom. The van der Waals surface area contributed by atoms with Crippen LogP contribution in [0.25, 0.3) is 5.69 Å². The Morgan fingerprint density at radius 3 is 2.55 bits per heavy atom. The average Bonchev–Trinajstić information content (AvgIpc) is 3.27. The lowest BCUT2D eigenvalue weighted by Gasteiger charge is -2.06. The third-order valence-electron chi connectivity index (χ3n) is 4.82. The number of aryl methyl sites for hydroxylation is 1. The molecule has 156 valence electrons. The molecule has 0 spiro atoms. The van der Waals surface area contributed by atoms with Crippen molar-refractivity contribution in [2.75, 3.05) is 0 Å². The maximum atomic E-state index is 12.2. The standard InChI is InChI=1S/C25H24N4O2/c1-19-6-5-9-24(14-19)31-18-22-17-29(28-27-22)23-12-10-20(11-13-23)15-25(30)26-16-21-7-3-2-4-8-21/h2-14,17H,15-16,18H2,1H3,(H,26,30). The molecule has 31 heavy (non-hydrogen) atoms. The van der Waals surface area contributed by atoms with Crippen molar-refractivity contribution in [3.8, 4) is 11.4 Å². The van der Waals surface area contributed by atoms with Gasteiger partial charge in [-0.05, 0) is 47.9 Å². The zero-order valence-electron chi connectivity index (χ0n) is 17.4. The van der Waals surface area contributed by atoms with E-state index in [0.29, 0.717) is 19.6 Å². The summed E-state index contributed by atoms with van der Waals surface area (Å²) in [6, 6.07) is 25.5. The molecule has 1 amide bonds. The minimum Gasteiger partial charge on any atom is -0.487 e. The number of carbonyl (C=O) groups excluding carboxylic acids is 1. The molecular formula is C25H24N4O2. The van der Waals surface area contributed by atoms with Crippen LogP contribution in [-0.4, -0.2) is 20.9 Å². The van der Waals surface area contributed by atoms with Crippen LogP contribution in [0.2, 0.25) is 0 Å². The van der Waals surface area contributed by atoms with Crippen LogP contribution in [0.3, 0.4) is 0 Å². The van der Waals surface area contributed by atoms with Crippen molar-refractivity contribution in [2.45, 2.75) is 26.5 Å². The molecule has 1 aromatic heterocycles. The van der Waals surface area contributed by atoms with E-state index in [2.05, 4.69) is 15.6 Å². The van der Waals surface area contributed by atoms with Crippen molar-refractivity contribution in [1.82, 2.24) is 20.3 Å². The minimum absolute atomic E-state index is 0.00653. The molecule has 0 unspecified atom stereocenters. The number of ether oxygens (including phenoxy) is 1. The van der Waals surface area contributed by atoms with Gasteiger partial charge in [0.15, 0.2) is 0 Å². The van der Waals surface area contributed by atoms with E-state index < -0.39 is 0 Å². The largest absolute Gasteiger partial charge is 0.487 e. The average molecular weight is 412 g/mol. The van der Waals surface area contributed by atoms with Crippen LogP contribution in [0.5, 0.6) is 5.75 Å². The molecule has 1 N–H and O–H groups in total. The van der Waals surface area contributed by atoms with Crippen LogP contribution in [0.4, 0.5) is 0 Å². The maximum Gasteiger partial charge on any atom is 0.224 e. The Hall–Kier alpha value is -3.93. The van der Waals surface area contributed by atoms with E-state index >= 15 is 0 Å².